The number of nitrogens with one attached hydrogen (secondary N) is 1. The van der Waals surface area contributed by atoms with Crippen LogP contribution >= 0.6 is 0 Å². The van der Waals surface area contributed by atoms with Crippen molar-refractivity contribution < 1.29 is 9.53 Å². The Bertz CT molecular complexity index is 1020. The van der Waals surface area contributed by atoms with E-state index in [1.165, 1.54) is 5.56 Å². The molecule has 1 amide bonds. The van der Waals surface area contributed by atoms with Crippen molar-refractivity contribution in [2.24, 2.45) is 0 Å². The SMILES string of the molecule is COCc1cccc(C(=O)Nc2ccccc2N2CCN(CCc3ccncc3)CC2)c1. The number of carbonyl (C=O) groups is 1. The van der Waals surface area contributed by atoms with Crippen molar-refractivity contribution in [1.82, 2.24) is 9.88 Å². The van der Waals surface area contributed by atoms with Crippen molar-refractivity contribution in [3.63, 3.8) is 0 Å². The van der Waals surface area contributed by atoms with Crippen molar-refractivity contribution in [3.8, 4) is 0 Å². The minimum absolute atomic E-state index is 0.105. The van der Waals surface area contributed by atoms with Crippen molar-refractivity contribution in [1.29, 1.82) is 0 Å². The van der Waals surface area contributed by atoms with Crippen LogP contribution in [0.2, 0.25) is 0 Å². The first-order valence-electron chi connectivity index (χ1n) is 11.1. The first kappa shape index (κ1) is 22.0. The Morgan fingerprint density at radius 2 is 1.75 bits per heavy atom. The fraction of sp³-hybridized carbons (Fsp3) is 0.308. The summed E-state index contributed by atoms with van der Waals surface area (Å²) in [5.74, 6) is -0.105. The first-order valence-corrected chi connectivity index (χ1v) is 11.1. The highest BCUT2D eigenvalue weighted by Crippen LogP contribution is 2.27. The molecule has 0 radical (unpaired) electrons. The number of benzene rings is 2. The summed E-state index contributed by atoms with van der Waals surface area (Å²) in [5.41, 5.74) is 4.86. The number of amides is 1. The third-order valence-electron chi connectivity index (χ3n) is 5.83. The lowest BCUT2D eigenvalue weighted by molar-refractivity contribution is 0.102. The van der Waals surface area contributed by atoms with Crippen molar-refractivity contribution in [2.45, 2.75) is 13.0 Å². The van der Waals surface area contributed by atoms with Crippen molar-refractivity contribution in [2.75, 3.05) is 50.1 Å². The lowest BCUT2D eigenvalue weighted by Gasteiger charge is -2.37. The molecule has 1 saturated heterocycles. The van der Waals surface area contributed by atoms with Gasteiger partial charge in [0.1, 0.15) is 0 Å². The molecule has 32 heavy (non-hydrogen) atoms. The molecule has 6 nitrogen and oxygen atoms in total. The van der Waals surface area contributed by atoms with Gasteiger partial charge in [0.2, 0.25) is 0 Å². The van der Waals surface area contributed by atoms with E-state index < -0.39 is 0 Å². The van der Waals surface area contributed by atoms with Gasteiger partial charge in [-0.25, -0.2) is 0 Å². The number of hydrogen-bond donors (Lipinski definition) is 1. The van der Waals surface area contributed by atoms with Crippen LogP contribution in [-0.4, -0.2) is 55.6 Å². The molecule has 1 aliphatic rings. The quantitative estimate of drug-likeness (QED) is 0.588. The van der Waals surface area contributed by atoms with Gasteiger partial charge in [-0.3, -0.25) is 14.7 Å². The second kappa shape index (κ2) is 10.9. The molecule has 4 rings (SSSR count). The minimum atomic E-state index is -0.105. The Kier molecular flexibility index (Phi) is 7.48. The summed E-state index contributed by atoms with van der Waals surface area (Å²) < 4.78 is 5.19. The third-order valence-corrected chi connectivity index (χ3v) is 5.83. The summed E-state index contributed by atoms with van der Waals surface area (Å²) in [6, 6.07) is 19.8. The molecule has 0 bridgehead atoms. The zero-order valence-corrected chi connectivity index (χ0v) is 18.5. The Morgan fingerprint density at radius 1 is 0.969 bits per heavy atom. The monoisotopic (exact) mass is 430 g/mol. The summed E-state index contributed by atoms with van der Waals surface area (Å²) >= 11 is 0. The van der Waals surface area contributed by atoms with E-state index in [1.807, 2.05) is 54.9 Å². The van der Waals surface area contributed by atoms with E-state index in [0.29, 0.717) is 12.2 Å². The molecule has 166 valence electrons. The van der Waals surface area contributed by atoms with Crippen molar-refractivity contribution >= 4 is 17.3 Å². The smallest absolute Gasteiger partial charge is 0.255 e. The summed E-state index contributed by atoms with van der Waals surface area (Å²) in [6.45, 7) is 5.43. The number of carbonyl (C=O) groups excluding carboxylic acids is 1. The molecule has 1 aliphatic heterocycles. The molecule has 6 heteroatoms. The van der Waals surface area contributed by atoms with Crippen LogP contribution in [0.15, 0.2) is 73.1 Å². The van der Waals surface area contributed by atoms with E-state index in [0.717, 1.165) is 56.1 Å². The molecule has 0 spiro atoms. The maximum atomic E-state index is 12.9. The lowest BCUT2D eigenvalue weighted by atomic mass is 10.1. The van der Waals surface area contributed by atoms with Crippen LogP contribution in [0, 0.1) is 0 Å². The molecule has 1 N–H and O–H groups in total. The van der Waals surface area contributed by atoms with E-state index in [2.05, 4.69) is 38.3 Å². The molecule has 0 atom stereocenters. The van der Waals surface area contributed by atoms with Gasteiger partial charge in [0, 0.05) is 57.8 Å². The fourth-order valence-corrected chi connectivity index (χ4v) is 4.07. The van der Waals surface area contributed by atoms with Crippen LogP contribution in [0.3, 0.4) is 0 Å². The third kappa shape index (κ3) is 5.72. The second-order valence-corrected chi connectivity index (χ2v) is 8.04. The van der Waals surface area contributed by atoms with Crippen molar-refractivity contribution in [3.05, 3.63) is 89.7 Å². The summed E-state index contributed by atoms with van der Waals surface area (Å²) in [5, 5.41) is 3.11. The number of methoxy groups -OCH3 is 1. The predicted molar refractivity (Wildman–Crippen MR) is 128 cm³/mol. The number of anilines is 2. The Hall–Kier alpha value is -3.22. The number of para-hydroxylation sites is 2. The Morgan fingerprint density at radius 3 is 2.53 bits per heavy atom. The first-order chi connectivity index (χ1) is 15.7. The average molecular weight is 431 g/mol. The molecule has 3 aromatic rings. The molecular weight excluding hydrogens is 400 g/mol. The van der Waals surface area contributed by atoms with Gasteiger partial charge in [-0.15, -0.1) is 0 Å². The van der Waals surface area contributed by atoms with Gasteiger partial charge in [0.15, 0.2) is 0 Å². The van der Waals surface area contributed by atoms with Gasteiger partial charge in [0.25, 0.3) is 5.91 Å². The van der Waals surface area contributed by atoms with Crippen LogP contribution in [0.25, 0.3) is 0 Å². The molecule has 2 aromatic carbocycles. The van der Waals surface area contributed by atoms with Gasteiger partial charge in [-0.1, -0.05) is 24.3 Å². The zero-order valence-electron chi connectivity index (χ0n) is 18.5. The van der Waals surface area contributed by atoms with E-state index in [-0.39, 0.29) is 5.91 Å². The highest BCUT2D eigenvalue weighted by atomic mass is 16.5. The number of ether oxygens (including phenoxy) is 1. The zero-order chi connectivity index (χ0) is 22.2. The largest absolute Gasteiger partial charge is 0.380 e. The van der Waals surface area contributed by atoms with E-state index in [1.54, 1.807) is 7.11 Å². The van der Waals surface area contributed by atoms with E-state index >= 15 is 0 Å². The molecule has 1 fully saturated rings. The van der Waals surface area contributed by atoms with Gasteiger partial charge in [-0.05, 0) is 53.9 Å². The summed E-state index contributed by atoms with van der Waals surface area (Å²) in [7, 11) is 1.65. The van der Waals surface area contributed by atoms with Crippen LogP contribution in [0.5, 0.6) is 0 Å². The molecule has 1 aromatic heterocycles. The molecule has 2 heterocycles. The summed E-state index contributed by atoms with van der Waals surface area (Å²) in [4.78, 5) is 21.8. The van der Waals surface area contributed by atoms with Gasteiger partial charge >= 0.3 is 0 Å². The highest BCUT2D eigenvalue weighted by Gasteiger charge is 2.20. The van der Waals surface area contributed by atoms with E-state index in [4.69, 9.17) is 4.74 Å². The van der Waals surface area contributed by atoms with Crippen LogP contribution in [0.4, 0.5) is 11.4 Å². The van der Waals surface area contributed by atoms with Gasteiger partial charge in [0.05, 0.1) is 18.0 Å². The molecule has 0 unspecified atom stereocenters. The van der Waals surface area contributed by atoms with Crippen LogP contribution in [0.1, 0.15) is 21.5 Å². The number of pyridine rings is 1. The average Bonchev–Trinajstić information content (AvgIpc) is 2.84. The number of nitrogens with zero attached hydrogens (tertiary/aromatic N) is 3. The van der Waals surface area contributed by atoms with E-state index in [9.17, 15) is 4.79 Å². The Balaban J connectivity index is 1.36. The number of piperazine rings is 1. The second-order valence-electron chi connectivity index (χ2n) is 8.04. The molecular formula is C26H30N4O2. The maximum Gasteiger partial charge on any atom is 0.255 e. The maximum absolute atomic E-state index is 12.9. The normalized spacial score (nSPS) is 14.3. The topological polar surface area (TPSA) is 57.7 Å². The lowest BCUT2D eigenvalue weighted by Crippen LogP contribution is -2.47. The minimum Gasteiger partial charge on any atom is -0.380 e. The summed E-state index contributed by atoms with van der Waals surface area (Å²) in [6.07, 6.45) is 4.75. The van der Waals surface area contributed by atoms with Crippen LogP contribution < -0.4 is 10.2 Å². The number of rotatable bonds is 8. The molecule has 0 aliphatic carbocycles. The molecule has 0 saturated carbocycles. The Labute approximate surface area is 189 Å². The standard InChI is InChI=1S/C26H30N4O2/c1-32-20-22-5-4-6-23(19-22)26(31)28-24-7-2-3-8-25(24)30-17-15-29(16-18-30)14-11-21-9-12-27-13-10-21/h2-10,12-13,19H,11,14-18,20H2,1H3,(H,28,31). The predicted octanol–water partition coefficient (Wildman–Crippen LogP) is 3.85. The fourth-order valence-electron chi connectivity index (χ4n) is 4.07. The van der Waals surface area contributed by atoms with Gasteiger partial charge < -0.3 is 15.0 Å². The van der Waals surface area contributed by atoms with Crippen LogP contribution in [-0.2, 0) is 17.8 Å². The highest BCUT2D eigenvalue weighted by molar-refractivity contribution is 6.06. The van der Waals surface area contributed by atoms with Gasteiger partial charge in [-0.2, -0.15) is 0 Å². The number of hydrogen-bond acceptors (Lipinski definition) is 5. The number of aromatic nitrogens is 1.